The highest BCUT2D eigenvalue weighted by Crippen LogP contribution is 2.18. The number of anilines is 1. The summed E-state index contributed by atoms with van der Waals surface area (Å²) in [4.78, 5) is 18.2. The van der Waals surface area contributed by atoms with Crippen molar-refractivity contribution >= 4 is 12.0 Å². The number of aryl methyl sites for hydroxylation is 2. The van der Waals surface area contributed by atoms with Gasteiger partial charge in [-0.2, -0.15) is 0 Å². The number of ether oxygens (including phenoxy) is 1. The van der Waals surface area contributed by atoms with Crippen molar-refractivity contribution in [3.05, 3.63) is 71.1 Å². The van der Waals surface area contributed by atoms with Gasteiger partial charge in [-0.3, -0.25) is 4.79 Å². The van der Waals surface area contributed by atoms with Crippen molar-refractivity contribution in [1.29, 1.82) is 0 Å². The SMILES string of the molecule is Cc1cc(C(C)Nc2ccccc2)/c(=N/C(=C\C=O)N2CCOCC2)n(C)c1. The van der Waals surface area contributed by atoms with Gasteiger partial charge in [0.05, 0.1) is 19.3 Å². The standard InChI is InChI=1S/C22H28N4O2/c1-17-15-20(18(2)23-19-7-5-4-6-8-19)22(25(3)16-17)24-21(9-12-27)26-10-13-28-14-11-26/h4-9,12,15-16,18,23H,10-11,13-14H2,1-3H3/b21-9+,24-22-. The molecule has 148 valence electrons. The lowest BCUT2D eigenvalue weighted by molar-refractivity contribution is -0.104. The molecule has 0 radical (unpaired) electrons. The Morgan fingerprint density at radius 2 is 1.96 bits per heavy atom. The fraction of sp³-hybridized carbons (Fsp3) is 0.364. The first-order valence-electron chi connectivity index (χ1n) is 9.60. The lowest BCUT2D eigenvalue weighted by atomic mass is 10.1. The van der Waals surface area contributed by atoms with E-state index in [9.17, 15) is 4.79 Å². The third-order valence-corrected chi connectivity index (χ3v) is 4.77. The summed E-state index contributed by atoms with van der Waals surface area (Å²) in [5, 5.41) is 3.54. The van der Waals surface area contributed by atoms with E-state index in [0.717, 1.165) is 41.7 Å². The molecular weight excluding hydrogens is 352 g/mol. The molecule has 2 aromatic rings. The van der Waals surface area contributed by atoms with Crippen molar-refractivity contribution in [2.24, 2.45) is 12.0 Å². The molecule has 1 aliphatic rings. The van der Waals surface area contributed by atoms with E-state index in [1.165, 1.54) is 6.08 Å². The van der Waals surface area contributed by atoms with Crippen LogP contribution >= 0.6 is 0 Å². The second-order valence-electron chi connectivity index (χ2n) is 7.01. The summed E-state index contributed by atoms with van der Waals surface area (Å²) < 4.78 is 7.45. The van der Waals surface area contributed by atoms with E-state index in [2.05, 4.69) is 48.5 Å². The summed E-state index contributed by atoms with van der Waals surface area (Å²) in [5.74, 6) is 0.672. The van der Waals surface area contributed by atoms with Crippen LogP contribution < -0.4 is 10.8 Å². The number of aromatic nitrogens is 1. The largest absolute Gasteiger partial charge is 0.378 e. The van der Waals surface area contributed by atoms with Crippen molar-refractivity contribution in [3.8, 4) is 0 Å². The molecule has 1 saturated heterocycles. The fourth-order valence-corrected chi connectivity index (χ4v) is 3.42. The van der Waals surface area contributed by atoms with Crippen molar-refractivity contribution in [2.45, 2.75) is 19.9 Å². The number of para-hydroxylation sites is 1. The number of allylic oxidation sites excluding steroid dienone is 1. The van der Waals surface area contributed by atoms with Gasteiger partial charge in [0.25, 0.3) is 0 Å². The fourth-order valence-electron chi connectivity index (χ4n) is 3.42. The third kappa shape index (κ3) is 4.89. The molecule has 0 amide bonds. The maximum Gasteiger partial charge on any atom is 0.146 e. The lowest BCUT2D eigenvalue weighted by Crippen LogP contribution is -2.36. The third-order valence-electron chi connectivity index (χ3n) is 4.77. The number of nitrogens with zero attached hydrogens (tertiary/aromatic N) is 3. The average molecular weight is 380 g/mol. The van der Waals surface area contributed by atoms with Crippen LogP contribution in [0.15, 0.2) is 59.5 Å². The Balaban J connectivity index is 2.02. The smallest absolute Gasteiger partial charge is 0.146 e. The van der Waals surface area contributed by atoms with Crippen LogP contribution in [0.5, 0.6) is 0 Å². The molecule has 1 unspecified atom stereocenters. The van der Waals surface area contributed by atoms with Gasteiger partial charge in [0, 0.05) is 43.7 Å². The van der Waals surface area contributed by atoms with Gasteiger partial charge in [-0.1, -0.05) is 18.2 Å². The number of morpholine rings is 1. The molecule has 1 aromatic heterocycles. The van der Waals surface area contributed by atoms with Crippen molar-refractivity contribution < 1.29 is 9.53 Å². The molecule has 0 aliphatic carbocycles. The number of nitrogens with one attached hydrogen (secondary N) is 1. The summed E-state index contributed by atoms with van der Waals surface area (Å²) in [6.07, 6.45) is 4.38. The van der Waals surface area contributed by atoms with Gasteiger partial charge in [0.15, 0.2) is 0 Å². The molecule has 2 heterocycles. The second kappa shape index (κ2) is 9.37. The Bertz CT molecular complexity index is 896. The number of hydrogen-bond acceptors (Lipinski definition) is 5. The summed E-state index contributed by atoms with van der Waals surface area (Å²) in [5.41, 5.74) is 4.13. The number of rotatable bonds is 6. The minimum atomic E-state index is 0.0504. The van der Waals surface area contributed by atoms with Crippen LogP contribution in [0.1, 0.15) is 24.1 Å². The van der Waals surface area contributed by atoms with Gasteiger partial charge in [-0.15, -0.1) is 0 Å². The zero-order valence-corrected chi connectivity index (χ0v) is 16.8. The maximum absolute atomic E-state index is 11.2. The van der Waals surface area contributed by atoms with Crippen LogP contribution in [0, 0.1) is 6.92 Å². The summed E-state index contributed by atoms with van der Waals surface area (Å²) >= 11 is 0. The van der Waals surface area contributed by atoms with Crippen molar-refractivity contribution in [1.82, 2.24) is 9.47 Å². The molecule has 1 fully saturated rings. The van der Waals surface area contributed by atoms with E-state index in [1.54, 1.807) is 0 Å². The molecule has 1 N–H and O–H groups in total. The Labute approximate surface area is 166 Å². The molecule has 6 nitrogen and oxygen atoms in total. The zero-order valence-electron chi connectivity index (χ0n) is 16.8. The summed E-state index contributed by atoms with van der Waals surface area (Å²) in [6, 6.07) is 12.3. The van der Waals surface area contributed by atoms with Gasteiger partial charge in [-0.05, 0) is 37.6 Å². The molecule has 0 saturated carbocycles. The number of aldehydes is 1. The van der Waals surface area contributed by atoms with Crippen LogP contribution in [0.2, 0.25) is 0 Å². The van der Waals surface area contributed by atoms with E-state index in [1.807, 2.05) is 29.8 Å². The Morgan fingerprint density at radius 1 is 1.25 bits per heavy atom. The first kappa shape index (κ1) is 19.9. The topological polar surface area (TPSA) is 58.9 Å². The zero-order chi connectivity index (χ0) is 19.9. The average Bonchev–Trinajstić information content (AvgIpc) is 2.70. The van der Waals surface area contributed by atoms with Crippen LogP contribution in [0.25, 0.3) is 0 Å². The normalized spacial score (nSPS) is 16.8. The number of carbonyl (C=O) groups excluding carboxylic acids is 1. The molecule has 0 spiro atoms. The Kier molecular flexibility index (Phi) is 6.66. The highest BCUT2D eigenvalue weighted by Gasteiger charge is 2.15. The molecule has 1 aromatic carbocycles. The van der Waals surface area contributed by atoms with E-state index < -0.39 is 0 Å². The Morgan fingerprint density at radius 3 is 2.64 bits per heavy atom. The van der Waals surface area contributed by atoms with Crippen LogP contribution in [0.4, 0.5) is 5.69 Å². The number of carbonyl (C=O) groups is 1. The maximum atomic E-state index is 11.2. The quantitative estimate of drug-likeness (QED) is 0.618. The summed E-state index contributed by atoms with van der Waals surface area (Å²) in [6.45, 7) is 6.94. The first-order chi connectivity index (χ1) is 13.6. The van der Waals surface area contributed by atoms with Gasteiger partial charge >= 0.3 is 0 Å². The predicted octanol–water partition coefficient (Wildman–Crippen LogP) is 2.78. The van der Waals surface area contributed by atoms with E-state index in [4.69, 9.17) is 9.73 Å². The second-order valence-corrected chi connectivity index (χ2v) is 7.01. The predicted molar refractivity (Wildman–Crippen MR) is 111 cm³/mol. The number of hydrogen-bond donors (Lipinski definition) is 1. The van der Waals surface area contributed by atoms with Gasteiger partial charge in [0.2, 0.25) is 0 Å². The van der Waals surface area contributed by atoms with Crippen LogP contribution in [0.3, 0.4) is 0 Å². The molecule has 1 atom stereocenters. The van der Waals surface area contributed by atoms with Crippen molar-refractivity contribution in [3.63, 3.8) is 0 Å². The highest BCUT2D eigenvalue weighted by molar-refractivity contribution is 5.65. The number of benzene rings is 1. The van der Waals surface area contributed by atoms with Gasteiger partial charge < -0.3 is 19.5 Å². The van der Waals surface area contributed by atoms with Gasteiger partial charge in [-0.25, -0.2) is 4.99 Å². The van der Waals surface area contributed by atoms with E-state index in [0.29, 0.717) is 19.0 Å². The van der Waals surface area contributed by atoms with Crippen molar-refractivity contribution in [2.75, 3.05) is 31.6 Å². The van der Waals surface area contributed by atoms with Crippen LogP contribution in [-0.4, -0.2) is 42.1 Å². The highest BCUT2D eigenvalue weighted by atomic mass is 16.5. The molecule has 3 rings (SSSR count). The molecule has 28 heavy (non-hydrogen) atoms. The number of pyridine rings is 1. The lowest BCUT2D eigenvalue weighted by Gasteiger charge is -2.28. The van der Waals surface area contributed by atoms with Gasteiger partial charge in [0.1, 0.15) is 17.6 Å². The minimum absolute atomic E-state index is 0.0504. The monoisotopic (exact) mass is 380 g/mol. The summed E-state index contributed by atoms with van der Waals surface area (Å²) in [7, 11) is 1.99. The van der Waals surface area contributed by atoms with E-state index >= 15 is 0 Å². The first-order valence-corrected chi connectivity index (χ1v) is 9.60. The van der Waals surface area contributed by atoms with E-state index in [-0.39, 0.29) is 6.04 Å². The molecular formula is C22H28N4O2. The molecule has 1 aliphatic heterocycles. The Hall–Kier alpha value is -2.86. The minimum Gasteiger partial charge on any atom is -0.378 e. The van der Waals surface area contributed by atoms with Crippen LogP contribution in [-0.2, 0) is 16.6 Å². The molecule has 0 bridgehead atoms. The molecule has 6 heteroatoms.